The van der Waals surface area contributed by atoms with Crippen molar-refractivity contribution in [2.45, 2.75) is 51.0 Å². The van der Waals surface area contributed by atoms with Crippen LogP contribution in [0.5, 0.6) is 5.75 Å². The van der Waals surface area contributed by atoms with E-state index in [-0.39, 0.29) is 0 Å². The molecular formula is C18H26N2O6PS2-. The lowest BCUT2D eigenvalue weighted by Gasteiger charge is -2.37. The van der Waals surface area contributed by atoms with Gasteiger partial charge in [-0.1, -0.05) is 25.1 Å². The van der Waals surface area contributed by atoms with Crippen molar-refractivity contribution in [3.8, 4) is 5.75 Å². The zero-order valence-corrected chi connectivity index (χ0v) is 19.2. The van der Waals surface area contributed by atoms with Crippen LogP contribution in [0.25, 0.3) is 0 Å². The second-order valence-electron chi connectivity index (χ2n) is 7.53. The fraction of sp³-hybridized carbons (Fsp3) is 0.611. The molecule has 1 saturated heterocycles. The minimum absolute atomic E-state index is 0.344. The van der Waals surface area contributed by atoms with Crippen LogP contribution in [0.1, 0.15) is 50.1 Å². The van der Waals surface area contributed by atoms with E-state index in [0.717, 1.165) is 5.56 Å². The maximum Gasteiger partial charge on any atom is 0.275 e. The number of benzene rings is 1. The minimum Gasteiger partial charge on any atom is -0.530 e. The standard InChI is InChI=1S/C18H27N2O6PS2/c1-4-9-20(27(28)24-10-6-11-25-27)29(23)16(19-17(21)22)14-8-5-7-13-12-18(2,3)26-15(13)14/h5,7-8,16,19H,4,6,9-12H2,1-3H3,(H,21,22)/p-1. The van der Waals surface area contributed by atoms with Crippen LogP contribution in [0.4, 0.5) is 4.79 Å². The summed E-state index contributed by atoms with van der Waals surface area (Å²) in [4.78, 5) is 11.5. The zero-order chi connectivity index (χ0) is 21.2. The Morgan fingerprint density at radius 1 is 1.41 bits per heavy atom. The number of nitrogens with zero attached hydrogens (tertiary/aromatic N) is 1. The highest BCUT2D eigenvalue weighted by atomic mass is 32.5. The number of nitrogens with one attached hydrogen (secondary N) is 1. The van der Waals surface area contributed by atoms with E-state index in [0.29, 0.717) is 50.3 Å². The number of ether oxygens (including phenoxy) is 1. The first kappa shape index (κ1) is 22.7. The molecule has 0 radical (unpaired) electrons. The van der Waals surface area contributed by atoms with E-state index in [4.69, 9.17) is 25.6 Å². The lowest BCUT2D eigenvalue weighted by Crippen LogP contribution is -2.44. The Balaban J connectivity index is 2.01. The minimum atomic E-state index is -2.99. The van der Waals surface area contributed by atoms with Gasteiger partial charge >= 0.3 is 0 Å². The number of carboxylic acid groups (broad SMARTS) is 1. The molecule has 2 aliphatic heterocycles. The maximum absolute atomic E-state index is 13.7. The summed E-state index contributed by atoms with van der Waals surface area (Å²) in [7, 11) is -1.90. The van der Waals surface area contributed by atoms with Crippen molar-refractivity contribution in [2.24, 2.45) is 0 Å². The number of hydrogen-bond acceptors (Lipinski definition) is 7. The maximum atomic E-state index is 13.7. The summed E-state index contributed by atoms with van der Waals surface area (Å²) in [5.74, 6) is 0.545. The molecule has 0 aliphatic carbocycles. The normalized spacial score (nSPS) is 21.8. The number of para-hydroxylation sites is 1. The Labute approximate surface area is 178 Å². The number of hydrogen-bond donors (Lipinski definition) is 1. The summed E-state index contributed by atoms with van der Waals surface area (Å²) < 4.78 is 32.7. The molecule has 0 aromatic heterocycles. The van der Waals surface area contributed by atoms with Crippen molar-refractivity contribution in [2.75, 3.05) is 19.8 Å². The number of carbonyl (C=O) groups is 1. The lowest BCUT2D eigenvalue weighted by atomic mass is 10.0. The van der Waals surface area contributed by atoms with Crippen LogP contribution in [-0.4, -0.2) is 39.7 Å². The van der Waals surface area contributed by atoms with Crippen LogP contribution in [0, 0.1) is 0 Å². The number of carbonyl (C=O) groups excluding carboxylic acids is 1. The average Bonchev–Trinajstić information content (AvgIpc) is 2.98. The Kier molecular flexibility index (Phi) is 7.03. The third-order valence-electron chi connectivity index (χ3n) is 4.55. The van der Waals surface area contributed by atoms with Gasteiger partial charge in [-0.25, -0.2) is 4.21 Å². The fourth-order valence-electron chi connectivity index (χ4n) is 3.40. The van der Waals surface area contributed by atoms with Gasteiger partial charge in [0.1, 0.15) is 33.8 Å². The van der Waals surface area contributed by atoms with Crippen molar-refractivity contribution in [3.63, 3.8) is 0 Å². The molecule has 8 nitrogen and oxygen atoms in total. The van der Waals surface area contributed by atoms with Gasteiger partial charge in [0.05, 0.1) is 13.2 Å². The Morgan fingerprint density at radius 3 is 2.72 bits per heavy atom. The van der Waals surface area contributed by atoms with E-state index in [1.54, 1.807) is 12.1 Å². The topological polar surface area (TPSA) is 100 Å². The Bertz CT molecular complexity index is 840. The smallest absolute Gasteiger partial charge is 0.275 e. The molecule has 0 bridgehead atoms. The first-order valence-corrected chi connectivity index (χ1v) is 13.3. The second-order valence-corrected chi connectivity index (χ2v) is 12.6. The van der Waals surface area contributed by atoms with E-state index in [1.165, 1.54) is 4.08 Å². The summed E-state index contributed by atoms with van der Waals surface area (Å²) in [6.07, 6.45) is 0.493. The van der Waals surface area contributed by atoms with Gasteiger partial charge in [0, 0.05) is 18.5 Å². The van der Waals surface area contributed by atoms with E-state index in [1.807, 2.05) is 26.8 Å². The number of fused-ring (bicyclic) bond motifs is 1. The monoisotopic (exact) mass is 461 g/mol. The molecule has 2 heterocycles. The van der Waals surface area contributed by atoms with E-state index < -0.39 is 34.7 Å². The molecule has 0 spiro atoms. The third kappa shape index (κ3) is 5.00. The fourth-order valence-corrected chi connectivity index (χ4v) is 8.74. The molecule has 1 amide bonds. The number of amides is 1. The Hall–Kier alpha value is -1.03. The molecule has 3 rings (SSSR count). The molecule has 1 aromatic carbocycles. The van der Waals surface area contributed by atoms with Crippen LogP contribution in [0.2, 0.25) is 0 Å². The molecule has 162 valence electrons. The van der Waals surface area contributed by atoms with Gasteiger partial charge in [0.25, 0.3) is 6.64 Å². The summed E-state index contributed by atoms with van der Waals surface area (Å²) >= 11 is 5.61. The number of rotatable bonds is 7. The summed E-state index contributed by atoms with van der Waals surface area (Å²) in [6, 6.07) is 5.43. The van der Waals surface area contributed by atoms with Crippen LogP contribution >= 0.6 is 6.64 Å². The predicted octanol–water partition coefficient (Wildman–Crippen LogP) is 2.37. The zero-order valence-electron chi connectivity index (χ0n) is 16.7. The largest absolute Gasteiger partial charge is 0.530 e. The van der Waals surface area contributed by atoms with Crippen molar-refractivity contribution in [1.82, 2.24) is 9.39 Å². The quantitative estimate of drug-likeness (QED) is 0.622. The van der Waals surface area contributed by atoms with Gasteiger partial charge in [-0.15, -0.1) is 4.08 Å². The van der Waals surface area contributed by atoms with Gasteiger partial charge in [-0.3, -0.25) is 0 Å². The van der Waals surface area contributed by atoms with Crippen molar-refractivity contribution in [1.29, 1.82) is 0 Å². The highest BCUT2D eigenvalue weighted by molar-refractivity contribution is 8.12. The van der Waals surface area contributed by atoms with Gasteiger partial charge in [0.2, 0.25) is 0 Å². The van der Waals surface area contributed by atoms with Crippen LogP contribution in [0.3, 0.4) is 0 Å². The first-order valence-electron chi connectivity index (χ1n) is 9.53. The molecule has 29 heavy (non-hydrogen) atoms. The van der Waals surface area contributed by atoms with Gasteiger partial charge in [-0.2, -0.15) is 0 Å². The second kappa shape index (κ2) is 8.99. The molecule has 1 N–H and O–H groups in total. The lowest BCUT2D eigenvalue weighted by molar-refractivity contribution is -0.251. The van der Waals surface area contributed by atoms with Crippen LogP contribution in [0.15, 0.2) is 18.2 Å². The summed E-state index contributed by atoms with van der Waals surface area (Å²) in [5, 5.41) is 12.6. The van der Waals surface area contributed by atoms with E-state index in [9.17, 15) is 14.1 Å². The molecule has 2 aliphatic rings. The van der Waals surface area contributed by atoms with Gasteiger partial charge < -0.3 is 29.0 Å². The highest BCUT2D eigenvalue weighted by Gasteiger charge is 2.41. The van der Waals surface area contributed by atoms with Gasteiger partial charge in [-0.05, 0) is 44.1 Å². The van der Waals surface area contributed by atoms with Crippen molar-refractivity contribution >= 4 is 35.5 Å². The average molecular weight is 462 g/mol. The highest BCUT2D eigenvalue weighted by Crippen LogP contribution is 2.56. The van der Waals surface area contributed by atoms with E-state index in [2.05, 4.69) is 5.32 Å². The van der Waals surface area contributed by atoms with Crippen LogP contribution < -0.4 is 15.2 Å². The molecule has 11 heteroatoms. The van der Waals surface area contributed by atoms with Crippen molar-refractivity contribution < 1.29 is 27.9 Å². The first-order chi connectivity index (χ1) is 13.7. The molecule has 0 saturated carbocycles. The third-order valence-corrected chi connectivity index (χ3v) is 10.3. The summed E-state index contributed by atoms with van der Waals surface area (Å²) in [5.41, 5.74) is 0.983. The molecule has 1 aromatic rings. The molecule has 1 fully saturated rings. The SMILES string of the molecule is CCCN(S(=O)C(NC(=O)[O-])c1cccc2c1OC(C)(C)C2)P1(=S)OCCCO1. The van der Waals surface area contributed by atoms with Crippen molar-refractivity contribution in [3.05, 3.63) is 29.3 Å². The Morgan fingerprint density at radius 2 is 2.10 bits per heavy atom. The summed E-state index contributed by atoms with van der Waals surface area (Å²) in [6.45, 7) is 4.02. The van der Waals surface area contributed by atoms with Gasteiger partial charge in [0.15, 0.2) is 0 Å². The predicted molar refractivity (Wildman–Crippen MR) is 112 cm³/mol. The molecular weight excluding hydrogens is 435 g/mol. The molecule has 2 atom stereocenters. The molecule has 2 unspecified atom stereocenters. The van der Waals surface area contributed by atoms with Crippen LogP contribution in [-0.2, 0) is 38.3 Å². The van der Waals surface area contributed by atoms with E-state index >= 15 is 0 Å².